The molecular weight excluding hydrogens is 222 g/mol. The molecule has 0 fully saturated rings. The Hall–Kier alpha value is -1.67. The number of aliphatic imine (C=N–C) groups is 1. The van der Waals surface area contributed by atoms with Crippen LogP contribution in [0.1, 0.15) is 18.5 Å². The molecule has 1 heterocycles. The van der Waals surface area contributed by atoms with Gasteiger partial charge in [-0.1, -0.05) is 23.1 Å². The molecule has 1 aromatic rings. The molecule has 0 radical (unpaired) electrons. The zero-order chi connectivity index (χ0) is 11.5. The van der Waals surface area contributed by atoms with Gasteiger partial charge in [-0.3, -0.25) is 0 Å². The van der Waals surface area contributed by atoms with Crippen LogP contribution in [-0.4, -0.2) is 16.3 Å². The van der Waals surface area contributed by atoms with Crippen molar-refractivity contribution >= 4 is 23.3 Å². The minimum Gasteiger partial charge on any atom is -0.185 e. The van der Waals surface area contributed by atoms with Crippen molar-refractivity contribution in [3.63, 3.8) is 0 Å². The van der Waals surface area contributed by atoms with Gasteiger partial charge in [0, 0.05) is 0 Å². The van der Waals surface area contributed by atoms with Gasteiger partial charge in [0.15, 0.2) is 11.7 Å². The Kier molecular flexibility index (Phi) is 3.02. The van der Waals surface area contributed by atoms with Crippen LogP contribution in [0.2, 0.25) is 0 Å². The molecule has 2 rings (SSSR count). The molecule has 16 heavy (non-hydrogen) atoms. The summed E-state index contributed by atoms with van der Waals surface area (Å²) in [5, 5.41) is 10.4. The van der Waals surface area contributed by atoms with Crippen LogP contribution in [0, 0.1) is 15.6 Å². The first kappa shape index (κ1) is 10.8. The molecule has 0 aromatic heterocycles. The van der Waals surface area contributed by atoms with E-state index in [1.54, 1.807) is 0 Å². The summed E-state index contributed by atoms with van der Waals surface area (Å²) in [6, 6.07) is 7.35. The first-order chi connectivity index (χ1) is 7.74. The van der Waals surface area contributed by atoms with Crippen LogP contribution in [0.25, 0.3) is 0 Å². The third kappa shape index (κ3) is 1.84. The third-order valence-electron chi connectivity index (χ3n) is 2.51. The summed E-state index contributed by atoms with van der Waals surface area (Å²) in [6.45, 7) is 1.84. The van der Waals surface area contributed by atoms with E-state index in [1.165, 1.54) is 0 Å². The first-order valence-corrected chi connectivity index (χ1v) is 5.86. The van der Waals surface area contributed by atoms with Crippen LogP contribution in [-0.2, 0) is 0 Å². The molecule has 1 aromatic carbocycles. The average molecular weight is 232 g/mol. The largest absolute Gasteiger partial charge is 0.348 e. The predicted octanol–water partition coefficient (Wildman–Crippen LogP) is 2.78. The summed E-state index contributed by atoms with van der Waals surface area (Å²) in [7, 11) is 0. The Morgan fingerprint density at radius 3 is 3.06 bits per heavy atom. The van der Waals surface area contributed by atoms with Crippen LogP contribution in [0.3, 0.4) is 0 Å². The Labute approximate surface area is 97.6 Å². The molecular formula is C11H10N3OS+. The number of nitriles is 1. The second kappa shape index (κ2) is 4.45. The van der Waals surface area contributed by atoms with Crippen molar-refractivity contribution in [1.29, 1.82) is 5.26 Å². The standard InChI is InChI=1S/C11H10N3OS/c1-8-9-4-2-3-5-10(9)13-11(14(8)15)6-16-7-12/h2-5,8H,6H2,1H3/q+1. The Morgan fingerprint density at radius 1 is 1.56 bits per heavy atom. The summed E-state index contributed by atoms with van der Waals surface area (Å²) in [6.07, 6.45) is 0. The van der Waals surface area contributed by atoms with Gasteiger partial charge in [-0.25, -0.2) is 0 Å². The third-order valence-corrected chi connectivity index (χ3v) is 3.04. The lowest BCUT2D eigenvalue weighted by Gasteiger charge is -2.12. The number of para-hydroxylation sites is 1. The maximum atomic E-state index is 11.9. The van der Waals surface area contributed by atoms with E-state index in [0.717, 1.165) is 27.8 Å². The predicted molar refractivity (Wildman–Crippen MR) is 63.7 cm³/mol. The summed E-state index contributed by atoms with van der Waals surface area (Å²) >= 11 is 1.03. The van der Waals surface area contributed by atoms with E-state index in [9.17, 15) is 4.91 Å². The number of thiocyanates is 1. The van der Waals surface area contributed by atoms with E-state index in [-0.39, 0.29) is 6.04 Å². The number of nitroso groups, excluding NO2 is 1. The molecule has 5 heteroatoms. The van der Waals surface area contributed by atoms with Crippen molar-refractivity contribution in [2.45, 2.75) is 13.0 Å². The monoisotopic (exact) mass is 232 g/mol. The summed E-state index contributed by atoms with van der Waals surface area (Å²) in [5.74, 6) is 0.747. The first-order valence-electron chi connectivity index (χ1n) is 4.87. The number of thioether (sulfide) groups is 1. The van der Waals surface area contributed by atoms with Crippen molar-refractivity contribution in [3.05, 3.63) is 34.7 Å². The molecule has 1 aliphatic rings. The van der Waals surface area contributed by atoms with Gasteiger partial charge < -0.3 is 0 Å². The fourth-order valence-corrected chi connectivity index (χ4v) is 2.06. The molecule has 80 valence electrons. The van der Waals surface area contributed by atoms with E-state index in [0.29, 0.717) is 11.6 Å². The average Bonchev–Trinajstić information content (AvgIpc) is 2.32. The van der Waals surface area contributed by atoms with Gasteiger partial charge in [0.2, 0.25) is 0 Å². The molecule has 0 saturated carbocycles. The van der Waals surface area contributed by atoms with E-state index in [2.05, 4.69) is 4.99 Å². The number of benzene rings is 1. The molecule has 0 bridgehead atoms. The molecule has 1 unspecified atom stereocenters. The van der Waals surface area contributed by atoms with Crippen LogP contribution in [0.4, 0.5) is 5.69 Å². The van der Waals surface area contributed by atoms with E-state index in [4.69, 9.17) is 5.26 Å². The van der Waals surface area contributed by atoms with Gasteiger partial charge in [0.1, 0.15) is 11.2 Å². The molecule has 1 aliphatic heterocycles. The van der Waals surface area contributed by atoms with Crippen molar-refractivity contribution in [1.82, 2.24) is 0 Å². The summed E-state index contributed by atoms with van der Waals surface area (Å²) in [4.78, 5) is 16.1. The lowest BCUT2D eigenvalue weighted by molar-refractivity contribution is -0.480. The number of fused-ring (bicyclic) bond motifs is 1. The molecule has 0 spiro atoms. The Bertz CT molecular complexity index is 504. The van der Waals surface area contributed by atoms with Gasteiger partial charge in [0.05, 0.1) is 5.56 Å². The zero-order valence-electron chi connectivity index (χ0n) is 8.75. The molecule has 0 N–H and O–H groups in total. The van der Waals surface area contributed by atoms with E-state index >= 15 is 0 Å². The van der Waals surface area contributed by atoms with Crippen molar-refractivity contribution in [3.8, 4) is 5.40 Å². The highest BCUT2D eigenvalue weighted by atomic mass is 32.2. The van der Waals surface area contributed by atoms with Gasteiger partial charge in [0.25, 0.3) is 0 Å². The number of hydrogen-bond acceptors (Lipinski definition) is 4. The summed E-state index contributed by atoms with van der Waals surface area (Å²) in [5.41, 5.74) is 1.76. The summed E-state index contributed by atoms with van der Waals surface area (Å²) < 4.78 is 0.882. The highest BCUT2D eigenvalue weighted by molar-refractivity contribution is 8.04. The van der Waals surface area contributed by atoms with Gasteiger partial charge in [-0.2, -0.15) is 5.26 Å². The minimum atomic E-state index is -0.233. The molecule has 1 atom stereocenters. The lowest BCUT2D eigenvalue weighted by Crippen LogP contribution is -2.26. The number of hydrogen-bond donors (Lipinski definition) is 0. The smallest absolute Gasteiger partial charge is 0.185 e. The Morgan fingerprint density at radius 2 is 2.31 bits per heavy atom. The number of amidine groups is 1. The van der Waals surface area contributed by atoms with Crippen LogP contribution >= 0.6 is 11.8 Å². The van der Waals surface area contributed by atoms with Crippen LogP contribution < -0.4 is 0 Å². The number of nitrogens with zero attached hydrogens (tertiary/aromatic N) is 3. The SMILES string of the molecule is CC1c2ccccc2N=C(CSC#N)[N+]1=O. The maximum Gasteiger partial charge on any atom is 0.348 e. The highest BCUT2D eigenvalue weighted by Gasteiger charge is 2.33. The number of rotatable bonds is 2. The fraction of sp³-hybridized carbons (Fsp3) is 0.273. The van der Waals surface area contributed by atoms with Crippen molar-refractivity contribution in [2.75, 3.05) is 5.75 Å². The molecule has 0 aliphatic carbocycles. The van der Waals surface area contributed by atoms with Gasteiger partial charge in [-0.05, 0) is 34.5 Å². The molecule has 0 saturated heterocycles. The van der Waals surface area contributed by atoms with Crippen molar-refractivity contribution < 1.29 is 4.76 Å². The van der Waals surface area contributed by atoms with Gasteiger partial charge in [-0.15, -0.1) is 0 Å². The Balaban J connectivity index is 2.40. The van der Waals surface area contributed by atoms with E-state index in [1.807, 2.05) is 36.6 Å². The van der Waals surface area contributed by atoms with Crippen LogP contribution in [0.15, 0.2) is 29.3 Å². The zero-order valence-corrected chi connectivity index (χ0v) is 9.57. The second-order valence-corrected chi connectivity index (χ2v) is 4.23. The molecule has 0 amide bonds. The normalized spacial score (nSPS) is 18.6. The lowest BCUT2D eigenvalue weighted by atomic mass is 10.0. The van der Waals surface area contributed by atoms with Gasteiger partial charge >= 0.3 is 5.84 Å². The van der Waals surface area contributed by atoms with E-state index < -0.39 is 0 Å². The topological polar surface area (TPSA) is 56.2 Å². The quantitative estimate of drug-likeness (QED) is 0.582. The van der Waals surface area contributed by atoms with Crippen molar-refractivity contribution in [2.24, 2.45) is 4.99 Å². The molecule has 4 nitrogen and oxygen atoms in total. The maximum absolute atomic E-state index is 11.9. The second-order valence-electron chi connectivity index (χ2n) is 3.47. The van der Waals surface area contributed by atoms with Crippen LogP contribution in [0.5, 0.6) is 0 Å². The highest BCUT2D eigenvalue weighted by Crippen LogP contribution is 2.32. The minimum absolute atomic E-state index is 0.233. The fourth-order valence-electron chi connectivity index (χ4n) is 1.67.